The van der Waals surface area contributed by atoms with Gasteiger partial charge in [-0.25, -0.2) is 4.52 Å². The first-order valence-corrected chi connectivity index (χ1v) is 10.6. The molecular weight excluding hydrogens is 276 g/mol. The minimum atomic E-state index is -1.58. The van der Waals surface area contributed by atoms with E-state index in [0.29, 0.717) is 0 Å². The van der Waals surface area contributed by atoms with Gasteiger partial charge in [0.05, 0.1) is 23.6 Å². The molecule has 0 radical (unpaired) electrons. The van der Waals surface area contributed by atoms with Crippen LogP contribution in [-0.2, 0) is 0 Å². The van der Waals surface area contributed by atoms with E-state index in [-0.39, 0.29) is 0 Å². The van der Waals surface area contributed by atoms with Gasteiger partial charge in [0.15, 0.2) is 0 Å². The van der Waals surface area contributed by atoms with Crippen LogP contribution in [0, 0.1) is 0 Å². The standard InChI is InChI=1S/C17H20N2OSi/c1-20-16-11-10-14-12-15(13-8-6-5-7-9-13)18-19(14)17(16)21(2,3)4/h5-12H,1-4H3. The summed E-state index contributed by atoms with van der Waals surface area (Å²) < 4.78 is 7.63. The van der Waals surface area contributed by atoms with Crippen LogP contribution >= 0.6 is 0 Å². The second-order valence-electron chi connectivity index (χ2n) is 6.23. The molecule has 3 rings (SSSR count). The third-order valence-electron chi connectivity index (χ3n) is 3.59. The molecule has 0 saturated heterocycles. The number of rotatable bonds is 3. The highest BCUT2D eigenvalue weighted by atomic mass is 28.3. The average Bonchev–Trinajstić information content (AvgIpc) is 2.89. The van der Waals surface area contributed by atoms with E-state index in [4.69, 9.17) is 9.84 Å². The molecule has 2 heterocycles. The fourth-order valence-corrected chi connectivity index (χ4v) is 4.38. The van der Waals surface area contributed by atoms with Gasteiger partial charge in [0.25, 0.3) is 0 Å². The van der Waals surface area contributed by atoms with Gasteiger partial charge in [-0.05, 0) is 18.2 Å². The minimum absolute atomic E-state index is 0.935. The number of fused-ring (bicyclic) bond motifs is 1. The third-order valence-corrected chi connectivity index (χ3v) is 5.47. The zero-order valence-electron chi connectivity index (χ0n) is 12.9. The lowest BCUT2D eigenvalue weighted by Crippen LogP contribution is -2.43. The quantitative estimate of drug-likeness (QED) is 0.691. The van der Waals surface area contributed by atoms with E-state index in [2.05, 4.69) is 54.5 Å². The van der Waals surface area contributed by atoms with E-state index in [9.17, 15) is 0 Å². The zero-order valence-corrected chi connectivity index (χ0v) is 13.9. The zero-order chi connectivity index (χ0) is 15.0. The van der Waals surface area contributed by atoms with Crippen LogP contribution in [0.2, 0.25) is 19.6 Å². The normalized spacial score (nSPS) is 11.8. The van der Waals surface area contributed by atoms with Crippen LogP contribution in [-0.4, -0.2) is 24.8 Å². The van der Waals surface area contributed by atoms with Crippen molar-refractivity contribution in [1.82, 2.24) is 9.61 Å². The molecular formula is C17H20N2OSi. The Morgan fingerprint density at radius 3 is 2.33 bits per heavy atom. The summed E-state index contributed by atoms with van der Waals surface area (Å²) in [6, 6.07) is 16.6. The van der Waals surface area contributed by atoms with E-state index in [1.165, 1.54) is 5.32 Å². The first-order chi connectivity index (χ1) is 10.0. The van der Waals surface area contributed by atoms with Crippen molar-refractivity contribution in [2.75, 3.05) is 7.11 Å². The summed E-state index contributed by atoms with van der Waals surface area (Å²) in [4.78, 5) is 0. The second-order valence-corrected chi connectivity index (χ2v) is 11.2. The molecule has 0 aliphatic heterocycles. The first kappa shape index (κ1) is 13.9. The first-order valence-electron chi connectivity index (χ1n) is 7.13. The second kappa shape index (κ2) is 5.04. The molecule has 3 nitrogen and oxygen atoms in total. The molecule has 0 amide bonds. The predicted octanol–water partition coefficient (Wildman–Crippen LogP) is 3.56. The smallest absolute Gasteiger partial charge is 0.135 e. The van der Waals surface area contributed by atoms with Crippen molar-refractivity contribution in [2.24, 2.45) is 0 Å². The molecule has 4 heteroatoms. The van der Waals surface area contributed by atoms with Crippen LogP contribution in [0.3, 0.4) is 0 Å². The molecule has 0 unspecified atom stereocenters. The molecule has 0 fully saturated rings. The van der Waals surface area contributed by atoms with Gasteiger partial charge in [-0.15, -0.1) is 0 Å². The van der Waals surface area contributed by atoms with Gasteiger partial charge in [-0.1, -0.05) is 50.0 Å². The number of methoxy groups -OCH3 is 1. The SMILES string of the molecule is COc1ccc2cc(-c3ccccc3)nn2c1[Si](C)(C)C. The van der Waals surface area contributed by atoms with E-state index in [1.54, 1.807) is 7.11 Å². The number of nitrogens with zero attached hydrogens (tertiary/aromatic N) is 2. The third kappa shape index (κ3) is 2.47. The fourth-order valence-electron chi connectivity index (χ4n) is 2.64. The monoisotopic (exact) mass is 296 g/mol. The molecule has 21 heavy (non-hydrogen) atoms. The van der Waals surface area contributed by atoms with Crippen molar-refractivity contribution in [3.05, 3.63) is 48.5 Å². The van der Waals surface area contributed by atoms with Crippen LogP contribution in [0.4, 0.5) is 0 Å². The van der Waals surface area contributed by atoms with E-state index in [1.807, 2.05) is 18.2 Å². The number of aromatic nitrogens is 2. The summed E-state index contributed by atoms with van der Waals surface area (Å²) >= 11 is 0. The number of benzene rings is 1. The lowest BCUT2D eigenvalue weighted by atomic mass is 10.1. The summed E-state index contributed by atoms with van der Waals surface area (Å²) in [5.41, 5.74) is 3.26. The Morgan fingerprint density at radius 2 is 1.71 bits per heavy atom. The van der Waals surface area contributed by atoms with Crippen molar-refractivity contribution in [3.63, 3.8) is 0 Å². The molecule has 0 saturated carbocycles. The van der Waals surface area contributed by atoms with E-state index < -0.39 is 8.07 Å². The van der Waals surface area contributed by atoms with Gasteiger partial charge < -0.3 is 4.74 Å². The van der Waals surface area contributed by atoms with Gasteiger partial charge in [0.2, 0.25) is 0 Å². The van der Waals surface area contributed by atoms with Crippen LogP contribution in [0.25, 0.3) is 16.8 Å². The van der Waals surface area contributed by atoms with Gasteiger partial charge >= 0.3 is 0 Å². The lowest BCUT2D eigenvalue weighted by Gasteiger charge is -2.21. The molecule has 0 aliphatic carbocycles. The molecule has 2 aromatic heterocycles. The van der Waals surface area contributed by atoms with Crippen molar-refractivity contribution in [1.29, 1.82) is 0 Å². The molecule has 0 N–H and O–H groups in total. The number of pyridine rings is 1. The molecule has 3 aromatic rings. The molecule has 0 atom stereocenters. The van der Waals surface area contributed by atoms with Gasteiger partial charge in [0.1, 0.15) is 13.8 Å². The van der Waals surface area contributed by atoms with Crippen LogP contribution in [0.5, 0.6) is 5.75 Å². The van der Waals surface area contributed by atoms with Crippen LogP contribution < -0.4 is 10.1 Å². The Hall–Kier alpha value is -2.07. The summed E-state index contributed by atoms with van der Waals surface area (Å²) in [6.45, 7) is 6.94. The number of hydrogen-bond donors (Lipinski definition) is 0. The molecule has 0 spiro atoms. The Labute approximate surface area is 126 Å². The highest BCUT2D eigenvalue weighted by Gasteiger charge is 2.25. The van der Waals surface area contributed by atoms with Gasteiger partial charge in [0, 0.05) is 5.56 Å². The lowest BCUT2D eigenvalue weighted by molar-refractivity contribution is 0.415. The van der Waals surface area contributed by atoms with Crippen LogP contribution in [0.1, 0.15) is 0 Å². The van der Waals surface area contributed by atoms with E-state index in [0.717, 1.165) is 22.5 Å². The van der Waals surface area contributed by atoms with Crippen LogP contribution in [0.15, 0.2) is 48.5 Å². The predicted molar refractivity (Wildman–Crippen MR) is 90.2 cm³/mol. The van der Waals surface area contributed by atoms with Gasteiger partial charge in [-0.3, -0.25) is 0 Å². The molecule has 0 bridgehead atoms. The molecule has 1 aromatic carbocycles. The minimum Gasteiger partial charge on any atom is -0.495 e. The Bertz CT molecular complexity index is 773. The Balaban J connectivity index is 2.27. The largest absolute Gasteiger partial charge is 0.495 e. The highest BCUT2D eigenvalue weighted by molar-refractivity contribution is 6.88. The summed E-state index contributed by atoms with van der Waals surface area (Å²) in [5, 5.41) is 6.06. The maximum Gasteiger partial charge on any atom is 0.135 e. The van der Waals surface area contributed by atoms with Crippen molar-refractivity contribution in [3.8, 4) is 17.0 Å². The summed E-state index contributed by atoms with van der Waals surface area (Å²) in [7, 11) is 0.153. The maximum atomic E-state index is 5.57. The molecule has 108 valence electrons. The Morgan fingerprint density at radius 1 is 1.00 bits per heavy atom. The summed E-state index contributed by atoms with van der Waals surface area (Å²) in [5.74, 6) is 0.935. The molecule has 0 aliphatic rings. The van der Waals surface area contributed by atoms with Crippen molar-refractivity contribution >= 4 is 18.9 Å². The maximum absolute atomic E-state index is 5.57. The average molecular weight is 296 g/mol. The summed E-state index contributed by atoms with van der Waals surface area (Å²) in [6.07, 6.45) is 0. The number of ether oxygens (including phenoxy) is 1. The topological polar surface area (TPSA) is 26.5 Å². The van der Waals surface area contributed by atoms with Crippen molar-refractivity contribution in [2.45, 2.75) is 19.6 Å². The fraction of sp³-hybridized carbons (Fsp3) is 0.235. The number of hydrogen-bond acceptors (Lipinski definition) is 2. The van der Waals surface area contributed by atoms with Gasteiger partial charge in [-0.2, -0.15) is 5.10 Å². The highest BCUT2D eigenvalue weighted by Crippen LogP contribution is 2.22. The van der Waals surface area contributed by atoms with E-state index >= 15 is 0 Å². The Kier molecular flexibility index (Phi) is 3.33. The van der Waals surface area contributed by atoms with Crippen molar-refractivity contribution < 1.29 is 4.74 Å².